The molecule has 1 unspecified atom stereocenters. The maximum atomic E-state index is 11.3. The van der Waals surface area contributed by atoms with Gasteiger partial charge in [0, 0.05) is 13.1 Å². The molecule has 0 saturated carbocycles. The molecule has 0 spiro atoms. The second kappa shape index (κ2) is 17.0. The van der Waals surface area contributed by atoms with Crippen LogP contribution >= 0.6 is 15.6 Å². The maximum absolute atomic E-state index is 11.3. The van der Waals surface area contributed by atoms with Crippen LogP contribution in [0.4, 0.5) is 0 Å². The molecule has 6 N–H and O–H groups in total. The van der Waals surface area contributed by atoms with Gasteiger partial charge in [0.05, 0.1) is 6.61 Å². The Balaban J connectivity index is 0. The van der Waals surface area contributed by atoms with Gasteiger partial charge in [0.2, 0.25) is 0 Å². The van der Waals surface area contributed by atoms with Crippen molar-refractivity contribution in [2.24, 2.45) is 0 Å². The normalized spacial score (nSPS) is 14.9. The zero-order valence-electron chi connectivity index (χ0n) is 19.6. The SMILES string of the molecule is CC(C)=CCC/C(C)=C/CC/C(C)=C/CCN(C)CCCOP(=O)(O)OP(=O)(O)O.N. The van der Waals surface area contributed by atoms with Gasteiger partial charge in [-0.25, -0.2) is 9.13 Å². The van der Waals surface area contributed by atoms with Gasteiger partial charge in [-0.3, -0.25) is 4.52 Å². The van der Waals surface area contributed by atoms with E-state index in [4.69, 9.17) is 9.79 Å². The van der Waals surface area contributed by atoms with Crippen molar-refractivity contribution in [2.75, 3.05) is 26.7 Å². The first-order chi connectivity index (χ1) is 13.8. The summed E-state index contributed by atoms with van der Waals surface area (Å²) >= 11 is 0. The summed E-state index contributed by atoms with van der Waals surface area (Å²) < 4.78 is 30.2. The largest absolute Gasteiger partial charge is 0.481 e. The Kier molecular flexibility index (Phi) is 17.8. The highest BCUT2D eigenvalue weighted by Crippen LogP contribution is 2.57. The standard InChI is InChI=1S/C20H39NO7P2.H3N/c1-18(2)10-6-11-19(3)12-7-13-20(4)14-8-15-21(5)16-9-17-27-30(25,26)28-29(22,23)24;/h10,12,14H,6-9,11,13,15-17H2,1-5H3,(H,25,26)(H2,22,23,24);1H3/b19-12+,20-14+;. The molecular weight excluding hydrogens is 442 g/mol. The van der Waals surface area contributed by atoms with E-state index in [2.05, 4.69) is 59.7 Å². The highest BCUT2D eigenvalue weighted by Gasteiger charge is 2.31. The van der Waals surface area contributed by atoms with Crippen molar-refractivity contribution < 1.29 is 32.6 Å². The van der Waals surface area contributed by atoms with E-state index in [0.717, 1.165) is 38.6 Å². The Labute approximate surface area is 187 Å². The summed E-state index contributed by atoms with van der Waals surface area (Å²) in [6.07, 6.45) is 12.5. The minimum atomic E-state index is -5.06. The lowest BCUT2D eigenvalue weighted by atomic mass is 10.1. The number of allylic oxidation sites excluding steroid dienone is 5. The molecule has 0 aromatic heterocycles. The Hall–Kier alpha value is -0.600. The lowest BCUT2D eigenvalue weighted by Gasteiger charge is -2.16. The molecule has 0 fully saturated rings. The Morgan fingerprint density at radius 1 is 0.871 bits per heavy atom. The van der Waals surface area contributed by atoms with Crippen LogP contribution in [-0.4, -0.2) is 46.3 Å². The number of nitrogens with zero attached hydrogens (tertiary/aromatic N) is 1. The van der Waals surface area contributed by atoms with Crippen LogP contribution in [0.25, 0.3) is 0 Å². The van der Waals surface area contributed by atoms with E-state index in [0.29, 0.717) is 13.0 Å². The second-order valence-electron chi connectivity index (χ2n) is 7.78. The number of phosphoric ester groups is 1. The quantitative estimate of drug-likeness (QED) is 0.126. The van der Waals surface area contributed by atoms with Gasteiger partial charge in [-0.2, -0.15) is 4.31 Å². The molecule has 0 saturated heterocycles. The highest BCUT2D eigenvalue weighted by molar-refractivity contribution is 7.60. The molecule has 0 aromatic rings. The molecule has 0 aliphatic carbocycles. The molecule has 0 aromatic carbocycles. The third kappa shape index (κ3) is 22.4. The zero-order chi connectivity index (χ0) is 23.2. The molecule has 9 nitrogen and oxygen atoms in total. The van der Waals surface area contributed by atoms with Gasteiger partial charge in [0.25, 0.3) is 0 Å². The van der Waals surface area contributed by atoms with Crippen LogP contribution in [0.1, 0.15) is 66.2 Å². The Bertz CT molecular complexity index is 683. The van der Waals surface area contributed by atoms with Gasteiger partial charge in [0.15, 0.2) is 0 Å². The van der Waals surface area contributed by atoms with Crippen molar-refractivity contribution in [2.45, 2.75) is 66.2 Å². The van der Waals surface area contributed by atoms with Crippen LogP contribution in [0.2, 0.25) is 0 Å². The van der Waals surface area contributed by atoms with Crippen LogP contribution in [-0.2, 0) is 18.0 Å². The summed E-state index contributed by atoms with van der Waals surface area (Å²) in [6.45, 7) is 9.89. The first-order valence-corrected chi connectivity index (χ1v) is 13.2. The fraction of sp³-hybridized carbons (Fsp3) is 0.700. The molecule has 1 atom stereocenters. The summed E-state index contributed by atoms with van der Waals surface area (Å²) in [7, 11) is -7.86. The van der Waals surface area contributed by atoms with Crippen LogP contribution in [0.5, 0.6) is 0 Å². The summed E-state index contributed by atoms with van der Waals surface area (Å²) in [5.74, 6) is 0. The van der Waals surface area contributed by atoms with E-state index >= 15 is 0 Å². The molecular formula is C20H42N2O7P2. The van der Waals surface area contributed by atoms with E-state index in [1.165, 1.54) is 16.7 Å². The number of rotatable bonds is 16. The van der Waals surface area contributed by atoms with Crippen LogP contribution in [0.3, 0.4) is 0 Å². The Morgan fingerprint density at radius 2 is 1.39 bits per heavy atom. The van der Waals surface area contributed by atoms with E-state index in [1.807, 2.05) is 7.05 Å². The lowest BCUT2D eigenvalue weighted by molar-refractivity contribution is 0.171. The Morgan fingerprint density at radius 3 is 1.90 bits per heavy atom. The summed E-state index contributed by atoms with van der Waals surface area (Å²) in [5.41, 5.74) is 4.15. The van der Waals surface area contributed by atoms with Crippen molar-refractivity contribution in [1.82, 2.24) is 11.1 Å². The molecule has 0 bridgehead atoms. The number of hydrogen-bond acceptors (Lipinski definition) is 6. The van der Waals surface area contributed by atoms with Gasteiger partial charge in [-0.1, -0.05) is 34.9 Å². The van der Waals surface area contributed by atoms with Crippen LogP contribution in [0, 0.1) is 0 Å². The molecule has 0 aliphatic rings. The van der Waals surface area contributed by atoms with E-state index < -0.39 is 15.6 Å². The number of phosphoric acid groups is 2. The van der Waals surface area contributed by atoms with E-state index in [9.17, 15) is 14.0 Å². The van der Waals surface area contributed by atoms with Gasteiger partial charge < -0.3 is 25.7 Å². The summed E-state index contributed by atoms with van der Waals surface area (Å²) in [6, 6.07) is 0. The second-order valence-corrected chi connectivity index (χ2v) is 10.6. The minimum Gasteiger partial charge on any atom is -0.344 e. The van der Waals surface area contributed by atoms with Gasteiger partial charge >= 0.3 is 15.6 Å². The molecule has 184 valence electrons. The van der Waals surface area contributed by atoms with Crippen LogP contribution < -0.4 is 6.15 Å². The molecule has 0 heterocycles. The molecule has 0 amide bonds. The van der Waals surface area contributed by atoms with Crippen molar-refractivity contribution in [1.29, 1.82) is 0 Å². The summed E-state index contributed by atoms with van der Waals surface area (Å²) in [4.78, 5) is 28.3. The fourth-order valence-corrected chi connectivity index (χ4v) is 4.28. The predicted octanol–water partition coefficient (Wildman–Crippen LogP) is 5.51. The van der Waals surface area contributed by atoms with Crippen LogP contribution in [0.15, 0.2) is 34.9 Å². The molecule has 31 heavy (non-hydrogen) atoms. The van der Waals surface area contributed by atoms with Crippen molar-refractivity contribution in [3.05, 3.63) is 34.9 Å². The maximum Gasteiger partial charge on any atom is 0.481 e. The van der Waals surface area contributed by atoms with Gasteiger partial charge in [-0.15, -0.1) is 0 Å². The topological polar surface area (TPSA) is 152 Å². The average molecular weight is 485 g/mol. The average Bonchev–Trinajstić information content (AvgIpc) is 2.56. The molecule has 0 rings (SSSR count). The summed E-state index contributed by atoms with van der Waals surface area (Å²) in [5, 5.41) is 0. The molecule has 0 aliphatic heterocycles. The monoisotopic (exact) mass is 484 g/mol. The third-order valence-electron chi connectivity index (χ3n) is 4.27. The lowest BCUT2D eigenvalue weighted by Crippen LogP contribution is -2.21. The number of hydrogen-bond donors (Lipinski definition) is 4. The first-order valence-electron chi connectivity index (χ1n) is 10.2. The smallest absolute Gasteiger partial charge is 0.344 e. The van der Waals surface area contributed by atoms with Crippen molar-refractivity contribution in [3.8, 4) is 0 Å². The van der Waals surface area contributed by atoms with Crippen molar-refractivity contribution >= 4 is 15.6 Å². The minimum absolute atomic E-state index is 0. The van der Waals surface area contributed by atoms with E-state index in [-0.39, 0.29) is 12.8 Å². The predicted molar refractivity (Wildman–Crippen MR) is 126 cm³/mol. The first kappa shape index (κ1) is 32.6. The highest BCUT2D eigenvalue weighted by atomic mass is 31.3. The third-order valence-corrected chi connectivity index (χ3v) is 6.46. The van der Waals surface area contributed by atoms with Crippen molar-refractivity contribution in [3.63, 3.8) is 0 Å². The zero-order valence-corrected chi connectivity index (χ0v) is 21.4. The van der Waals surface area contributed by atoms with Gasteiger partial charge in [-0.05, 0) is 73.3 Å². The molecule has 0 radical (unpaired) electrons. The van der Waals surface area contributed by atoms with Gasteiger partial charge in [0.1, 0.15) is 0 Å². The molecule has 11 heteroatoms. The fourth-order valence-electron chi connectivity index (χ4n) is 2.65. The van der Waals surface area contributed by atoms with E-state index in [1.54, 1.807) is 0 Å².